The predicted molar refractivity (Wildman–Crippen MR) is 170 cm³/mol. The van der Waals surface area contributed by atoms with E-state index in [4.69, 9.17) is 20.7 Å². The van der Waals surface area contributed by atoms with Crippen molar-refractivity contribution in [1.29, 1.82) is 10.5 Å². The molecule has 0 aliphatic heterocycles. The van der Waals surface area contributed by atoms with Crippen molar-refractivity contribution < 1.29 is 29.4 Å². The first-order valence-electron chi connectivity index (χ1n) is 12.2. The third kappa shape index (κ3) is 12.0. The van der Waals surface area contributed by atoms with E-state index >= 15 is 0 Å². The van der Waals surface area contributed by atoms with Gasteiger partial charge in [0.15, 0.2) is 11.6 Å². The topological polar surface area (TPSA) is 156 Å². The van der Waals surface area contributed by atoms with Crippen LogP contribution in [0.5, 0.6) is 0 Å². The van der Waals surface area contributed by atoms with Crippen molar-refractivity contribution in [2.75, 3.05) is 11.1 Å². The Hall–Kier alpha value is -4.68. The summed E-state index contributed by atoms with van der Waals surface area (Å²) in [6.45, 7) is 0. The molecule has 4 rings (SSSR count). The van der Waals surface area contributed by atoms with Crippen molar-refractivity contribution in [2.45, 2.75) is 9.79 Å². The van der Waals surface area contributed by atoms with Gasteiger partial charge in [-0.2, -0.15) is 10.5 Å². The van der Waals surface area contributed by atoms with Gasteiger partial charge in [-0.3, -0.25) is 9.59 Å². The molecule has 0 aromatic heterocycles. The molecule has 4 aromatic rings. The number of ketones is 2. The Balaban J connectivity index is 0.000000248. The van der Waals surface area contributed by atoms with Gasteiger partial charge in [0.2, 0.25) is 0 Å². The van der Waals surface area contributed by atoms with Crippen LogP contribution in [0, 0.1) is 22.7 Å². The predicted octanol–water partition coefficient (Wildman–Crippen LogP) is 7.04. The Bertz CT molecular complexity index is 1680. The second-order valence-electron chi connectivity index (χ2n) is 8.34. The Labute approximate surface area is 266 Å². The number of rotatable bonds is 8. The van der Waals surface area contributed by atoms with Crippen LogP contribution in [0.2, 0.25) is 0 Å². The number of nitriles is 2. The molecule has 0 fully saturated rings. The number of halogens is 1. The monoisotopic (exact) mass is 674 g/mol. The molecule has 43 heavy (non-hydrogen) atoms. The van der Waals surface area contributed by atoms with Crippen LogP contribution >= 0.6 is 40.3 Å². The maximum absolute atomic E-state index is 12.0. The van der Waals surface area contributed by atoms with Crippen molar-refractivity contribution in [3.63, 3.8) is 0 Å². The first-order valence-corrected chi connectivity index (χ1v) is 14.7. The van der Waals surface area contributed by atoms with Crippen LogP contribution in [0.15, 0.2) is 107 Å². The van der Waals surface area contributed by atoms with Crippen molar-refractivity contribution in [3.8, 4) is 12.1 Å². The fourth-order valence-corrected chi connectivity index (χ4v) is 4.40. The summed E-state index contributed by atoms with van der Waals surface area (Å²) in [6, 6.07) is 29.9. The molecule has 8 nitrogen and oxygen atoms in total. The third-order valence-electron chi connectivity index (χ3n) is 5.33. The number of alkyl halides is 1. The zero-order valence-electron chi connectivity index (χ0n) is 22.3. The van der Waals surface area contributed by atoms with Crippen LogP contribution in [0.25, 0.3) is 0 Å². The van der Waals surface area contributed by atoms with E-state index in [0.717, 1.165) is 9.79 Å². The molecular formula is C32H23BrN2O6S2. The Morgan fingerprint density at radius 2 is 1.12 bits per heavy atom. The molecule has 11 heteroatoms. The third-order valence-corrected chi connectivity index (χ3v) is 7.15. The molecule has 0 amide bonds. The summed E-state index contributed by atoms with van der Waals surface area (Å²) in [5, 5.41) is 34.9. The lowest BCUT2D eigenvalue weighted by atomic mass is 10.1. The number of carboxylic acid groups (broad SMARTS) is 2. The largest absolute Gasteiger partial charge is 0.478 e. The number of thioether (sulfide) groups is 1. The number of thiol groups is 1. The van der Waals surface area contributed by atoms with Gasteiger partial charge in [0.25, 0.3) is 0 Å². The number of hydrogen-bond acceptors (Lipinski definition) is 8. The maximum Gasteiger partial charge on any atom is 0.335 e. The van der Waals surface area contributed by atoms with E-state index < -0.39 is 11.9 Å². The molecule has 4 aromatic carbocycles. The molecule has 2 N–H and O–H groups in total. The van der Waals surface area contributed by atoms with E-state index in [0.29, 0.717) is 27.6 Å². The van der Waals surface area contributed by atoms with Crippen LogP contribution in [0.4, 0.5) is 0 Å². The van der Waals surface area contributed by atoms with Gasteiger partial charge >= 0.3 is 11.9 Å². The molecule has 0 heterocycles. The summed E-state index contributed by atoms with van der Waals surface area (Å²) in [5.74, 6) is -1.72. The Morgan fingerprint density at radius 3 is 1.53 bits per heavy atom. The minimum atomic E-state index is -0.976. The van der Waals surface area contributed by atoms with Crippen molar-refractivity contribution in [3.05, 3.63) is 130 Å². The molecule has 0 aliphatic carbocycles. The molecule has 0 unspecified atom stereocenters. The van der Waals surface area contributed by atoms with Crippen molar-refractivity contribution in [2.24, 2.45) is 0 Å². The first kappa shape index (κ1) is 34.5. The van der Waals surface area contributed by atoms with Gasteiger partial charge in [0.1, 0.15) is 0 Å². The second-order valence-corrected chi connectivity index (χ2v) is 10.5. The molecule has 0 saturated heterocycles. The number of hydrogen-bond donors (Lipinski definition) is 3. The smallest absolute Gasteiger partial charge is 0.335 e. The van der Waals surface area contributed by atoms with Crippen molar-refractivity contribution >= 4 is 63.8 Å². The van der Waals surface area contributed by atoms with Gasteiger partial charge in [0, 0.05) is 20.9 Å². The SMILES string of the molecule is N#Cc1cccc(C(=O)CBr)c1.N#Cc1cccc(C(=O)CSc2ccc(C(=O)O)cc2)c1.O=C(O)c1ccc(S)cc1. The molecule has 0 spiro atoms. The lowest BCUT2D eigenvalue weighted by Crippen LogP contribution is -2.02. The zero-order valence-corrected chi connectivity index (χ0v) is 25.6. The quantitative estimate of drug-likeness (QED) is 0.0772. The van der Waals surface area contributed by atoms with Gasteiger partial charge < -0.3 is 10.2 Å². The Morgan fingerprint density at radius 1 is 0.674 bits per heavy atom. The molecule has 216 valence electrons. The highest BCUT2D eigenvalue weighted by Crippen LogP contribution is 2.20. The standard InChI is InChI=1S/C16H11NO3S.C9H6BrNO.C7H6O2S/c17-9-11-2-1-3-13(8-11)15(18)10-21-14-6-4-12(5-7-14)16(19)20;10-5-9(12)8-3-1-2-7(4-8)6-11;8-7(9)5-1-3-6(10)4-2-5/h1-8H,10H2,(H,19,20);1-4H,5H2;1-4,10H,(H,8,9). The molecular weight excluding hydrogens is 652 g/mol. The van der Waals surface area contributed by atoms with E-state index in [-0.39, 0.29) is 28.4 Å². The summed E-state index contributed by atoms with van der Waals surface area (Å²) < 4.78 is 0. The lowest BCUT2D eigenvalue weighted by Gasteiger charge is -2.03. The highest BCUT2D eigenvalue weighted by molar-refractivity contribution is 9.09. The first-order chi connectivity index (χ1) is 20.6. The summed E-state index contributed by atoms with van der Waals surface area (Å²) in [6.07, 6.45) is 0. The van der Waals surface area contributed by atoms with Crippen LogP contribution in [0.1, 0.15) is 52.6 Å². The van der Waals surface area contributed by atoms with Crippen LogP contribution in [0.3, 0.4) is 0 Å². The van der Waals surface area contributed by atoms with Gasteiger partial charge in [-0.25, -0.2) is 9.59 Å². The van der Waals surface area contributed by atoms with E-state index in [1.165, 1.54) is 36.0 Å². The van der Waals surface area contributed by atoms with E-state index in [1.807, 2.05) is 12.1 Å². The number of aromatic carboxylic acids is 2. The second kappa shape index (κ2) is 18.0. The molecule has 0 radical (unpaired) electrons. The lowest BCUT2D eigenvalue weighted by molar-refractivity contribution is 0.0686. The number of carbonyl (C=O) groups is 4. The van der Waals surface area contributed by atoms with E-state index in [9.17, 15) is 19.2 Å². The van der Waals surface area contributed by atoms with Gasteiger partial charge in [-0.05, 0) is 72.8 Å². The average molecular weight is 676 g/mol. The summed E-state index contributed by atoms with van der Waals surface area (Å²) in [4.78, 5) is 45.8. The zero-order chi connectivity index (χ0) is 31.8. The fraction of sp³-hybridized carbons (Fsp3) is 0.0625. The maximum atomic E-state index is 12.0. The highest BCUT2D eigenvalue weighted by atomic mass is 79.9. The van der Waals surface area contributed by atoms with Gasteiger partial charge in [0.05, 0.1) is 45.5 Å². The van der Waals surface area contributed by atoms with Crippen LogP contribution < -0.4 is 0 Å². The molecule has 0 saturated carbocycles. The minimum Gasteiger partial charge on any atom is -0.478 e. The number of Topliss-reactive ketones (excluding diaryl/α,β-unsaturated/α-hetero) is 2. The normalized spacial score (nSPS) is 9.49. The summed E-state index contributed by atoms with van der Waals surface area (Å²) in [7, 11) is 0. The average Bonchev–Trinajstić information content (AvgIpc) is 3.04. The minimum absolute atomic E-state index is 0.00731. The number of nitrogens with zero attached hydrogens (tertiary/aromatic N) is 2. The number of benzene rings is 4. The van der Waals surface area contributed by atoms with Gasteiger partial charge in [-0.1, -0.05) is 40.2 Å². The van der Waals surface area contributed by atoms with Crippen LogP contribution in [-0.2, 0) is 0 Å². The van der Waals surface area contributed by atoms with E-state index in [1.54, 1.807) is 72.8 Å². The molecule has 0 aliphatic rings. The number of carboxylic acids is 2. The summed E-state index contributed by atoms with van der Waals surface area (Å²) in [5.41, 5.74) is 2.55. The van der Waals surface area contributed by atoms with E-state index in [2.05, 4.69) is 28.6 Å². The molecule has 0 atom stereocenters. The number of carbonyl (C=O) groups excluding carboxylic acids is 2. The molecule has 0 bridgehead atoms. The highest BCUT2D eigenvalue weighted by Gasteiger charge is 2.08. The van der Waals surface area contributed by atoms with Crippen molar-refractivity contribution in [1.82, 2.24) is 0 Å². The van der Waals surface area contributed by atoms with Crippen LogP contribution in [-0.4, -0.2) is 44.8 Å². The summed E-state index contributed by atoms with van der Waals surface area (Å²) >= 11 is 8.40. The Kier molecular flexibility index (Phi) is 14.4. The fourth-order valence-electron chi connectivity index (χ4n) is 3.13. The van der Waals surface area contributed by atoms with Gasteiger partial charge in [-0.15, -0.1) is 24.4 Å².